The van der Waals surface area contributed by atoms with Gasteiger partial charge < -0.3 is 10.0 Å². The van der Waals surface area contributed by atoms with E-state index in [9.17, 15) is 15.2 Å². The molecule has 0 amide bonds. The summed E-state index contributed by atoms with van der Waals surface area (Å²) in [5.41, 5.74) is 0.712. The van der Waals surface area contributed by atoms with Crippen LogP contribution in [-0.2, 0) is 4.79 Å². The number of carbonyl (C=O) groups is 1. The molecular weight excluding hydrogens is 320 g/mol. The van der Waals surface area contributed by atoms with E-state index < -0.39 is 11.4 Å². The van der Waals surface area contributed by atoms with Crippen molar-refractivity contribution in [2.75, 3.05) is 18.0 Å². The smallest absolute Gasteiger partial charge is 0.311 e. The summed E-state index contributed by atoms with van der Waals surface area (Å²) in [5, 5.41) is 18.8. The van der Waals surface area contributed by atoms with Crippen LogP contribution in [0.2, 0.25) is 0 Å². The van der Waals surface area contributed by atoms with Gasteiger partial charge >= 0.3 is 5.97 Å². The fraction of sp³-hybridized carbons (Fsp3) is 0.467. The molecule has 0 aliphatic carbocycles. The summed E-state index contributed by atoms with van der Waals surface area (Å²) in [6.45, 7) is 3.19. The van der Waals surface area contributed by atoms with Crippen LogP contribution < -0.4 is 4.90 Å². The van der Waals surface area contributed by atoms with Crippen LogP contribution >= 0.6 is 15.9 Å². The zero-order valence-electron chi connectivity index (χ0n) is 11.4. The summed E-state index contributed by atoms with van der Waals surface area (Å²) in [6, 6.07) is 7.74. The summed E-state index contributed by atoms with van der Waals surface area (Å²) < 4.78 is 0.856. The van der Waals surface area contributed by atoms with Gasteiger partial charge in [-0.25, -0.2) is 0 Å². The molecule has 1 aliphatic rings. The van der Waals surface area contributed by atoms with E-state index in [-0.39, 0.29) is 0 Å². The van der Waals surface area contributed by atoms with E-state index in [1.807, 2.05) is 24.0 Å². The van der Waals surface area contributed by atoms with Crippen LogP contribution in [0.25, 0.3) is 0 Å². The number of nitriles is 1. The van der Waals surface area contributed by atoms with Crippen LogP contribution in [0.15, 0.2) is 22.7 Å². The molecule has 1 unspecified atom stereocenters. The molecule has 1 N–H and O–H groups in total. The summed E-state index contributed by atoms with van der Waals surface area (Å²) in [5.74, 6) is -0.736. The van der Waals surface area contributed by atoms with Gasteiger partial charge in [0.2, 0.25) is 0 Å². The summed E-state index contributed by atoms with van der Waals surface area (Å²) in [4.78, 5) is 13.6. The number of hydrogen-bond acceptors (Lipinski definition) is 3. The lowest BCUT2D eigenvalue weighted by molar-refractivity contribution is -0.149. The first-order chi connectivity index (χ1) is 9.52. The van der Waals surface area contributed by atoms with Crippen molar-refractivity contribution in [1.29, 1.82) is 5.26 Å². The van der Waals surface area contributed by atoms with E-state index >= 15 is 0 Å². The fourth-order valence-electron chi connectivity index (χ4n) is 2.83. The van der Waals surface area contributed by atoms with Gasteiger partial charge in [-0.3, -0.25) is 4.79 Å². The molecule has 5 heteroatoms. The molecule has 1 fully saturated rings. The first-order valence-corrected chi connectivity index (χ1v) is 7.50. The number of anilines is 1. The van der Waals surface area contributed by atoms with E-state index in [0.717, 1.165) is 23.1 Å². The molecule has 1 atom stereocenters. The molecule has 4 nitrogen and oxygen atoms in total. The van der Waals surface area contributed by atoms with E-state index in [2.05, 4.69) is 22.0 Å². The summed E-state index contributed by atoms with van der Waals surface area (Å²) >= 11 is 3.36. The maximum atomic E-state index is 11.6. The molecule has 0 aromatic heterocycles. The Morgan fingerprint density at radius 1 is 1.60 bits per heavy atom. The minimum atomic E-state index is -0.736. The Morgan fingerprint density at radius 3 is 2.95 bits per heavy atom. The summed E-state index contributed by atoms with van der Waals surface area (Å²) in [7, 11) is 0. The Balaban J connectivity index is 2.35. The lowest BCUT2D eigenvalue weighted by Crippen LogP contribution is -2.47. The second-order valence-corrected chi connectivity index (χ2v) is 6.15. The summed E-state index contributed by atoms with van der Waals surface area (Å²) in [6.07, 6.45) is 2.14. The molecule has 2 rings (SSSR count). The second-order valence-electron chi connectivity index (χ2n) is 5.24. The average Bonchev–Trinajstić information content (AvgIpc) is 2.46. The molecule has 1 heterocycles. The van der Waals surface area contributed by atoms with Crippen molar-refractivity contribution < 1.29 is 9.90 Å². The van der Waals surface area contributed by atoms with Gasteiger partial charge in [-0.1, -0.05) is 22.9 Å². The van der Waals surface area contributed by atoms with Crippen LogP contribution in [0.3, 0.4) is 0 Å². The number of nitrogens with zero attached hydrogens (tertiary/aromatic N) is 2. The molecule has 1 saturated heterocycles. The predicted molar refractivity (Wildman–Crippen MR) is 80.7 cm³/mol. The van der Waals surface area contributed by atoms with Crippen molar-refractivity contribution in [2.24, 2.45) is 5.41 Å². The Hall–Kier alpha value is -1.54. The van der Waals surface area contributed by atoms with Crippen molar-refractivity contribution >= 4 is 27.6 Å². The molecule has 1 aromatic carbocycles. The largest absolute Gasteiger partial charge is 0.481 e. The van der Waals surface area contributed by atoms with Gasteiger partial charge in [0.1, 0.15) is 6.07 Å². The lowest BCUT2D eigenvalue weighted by Gasteiger charge is -2.41. The van der Waals surface area contributed by atoms with Crippen molar-refractivity contribution in [3.8, 4) is 6.07 Å². The van der Waals surface area contributed by atoms with Crippen molar-refractivity contribution in [2.45, 2.75) is 26.2 Å². The van der Waals surface area contributed by atoms with Crippen molar-refractivity contribution in [3.63, 3.8) is 0 Å². The van der Waals surface area contributed by atoms with Gasteiger partial charge in [0, 0.05) is 17.6 Å². The van der Waals surface area contributed by atoms with E-state index in [1.165, 1.54) is 0 Å². The number of halogens is 1. The van der Waals surface area contributed by atoms with Crippen LogP contribution in [-0.4, -0.2) is 24.2 Å². The third-order valence-electron chi connectivity index (χ3n) is 4.13. The maximum Gasteiger partial charge on any atom is 0.311 e. The number of carboxylic acid groups (broad SMARTS) is 1. The number of hydrogen-bond donors (Lipinski definition) is 1. The monoisotopic (exact) mass is 336 g/mol. The highest BCUT2D eigenvalue weighted by molar-refractivity contribution is 9.10. The van der Waals surface area contributed by atoms with Gasteiger partial charge in [-0.05, 0) is 37.5 Å². The number of aliphatic carboxylic acids is 1. The highest BCUT2D eigenvalue weighted by Crippen LogP contribution is 2.37. The van der Waals surface area contributed by atoms with Crippen LogP contribution in [0.1, 0.15) is 31.7 Å². The van der Waals surface area contributed by atoms with Crippen molar-refractivity contribution in [1.82, 2.24) is 0 Å². The zero-order valence-corrected chi connectivity index (χ0v) is 13.0. The van der Waals surface area contributed by atoms with Gasteiger partial charge in [-0.15, -0.1) is 0 Å². The number of piperidine rings is 1. The average molecular weight is 337 g/mol. The van der Waals surface area contributed by atoms with E-state index in [1.54, 1.807) is 6.07 Å². The molecule has 0 spiro atoms. The van der Waals surface area contributed by atoms with Crippen molar-refractivity contribution in [3.05, 3.63) is 28.2 Å². The highest BCUT2D eigenvalue weighted by Gasteiger charge is 2.41. The maximum absolute atomic E-state index is 11.6. The minimum Gasteiger partial charge on any atom is -0.481 e. The molecular formula is C15H17BrN2O2. The SMILES string of the molecule is CCC1(C(=O)O)CCCN(c2ccc(Br)cc2C#N)C1. The number of benzene rings is 1. The van der Waals surface area contributed by atoms with Gasteiger partial charge in [0.25, 0.3) is 0 Å². The fourth-order valence-corrected chi connectivity index (χ4v) is 3.19. The molecule has 1 aromatic rings. The third kappa shape index (κ3) is 2.66. The molecule has 20 heavy (non-hydrogen) atoms. The molecule has 0 saturated carbocycles. The van der Waals surface area contributed by atoms with Gasteiger partial charge in [0.05, 0.1) is 16.7 Å². The molecule has 0 radical (unpaired) electrons. The standard InChI is InChI=1S/C15H17BrN2O2/c1-2-15(14(19)20)6-3-7-18(10-15)13-5-4-12(16)8-11(13)9-17/h4-5,8H,2-3,6-7,10H2,1H3,(H,19,20). The van der Waals surface area contributed by atoms with Gasteiger partial charge in [-0.2, -0.15) is 5.26 Å². The second kappa shape index (κ2) is 5.84. The van der Waals surface area contributed by atoms with Crippen LogP contribution in [0, 0.1) is 16.7 Å². The quantitative estimate of drug-likeness (QED) is 0.918. The third-order valence-corrected chi connectivity index (χ3v) is 4.62. The predicted octanol–water partition coefficient (Wildman–Crippen LogP) is 3.40. The molecule has 1 aliphatic heterocycles. The zero-order chi connectivity index (χ0) is 14.8. The molecule has 0 bridgehead atoms. The first-order valence-electron chi connectivity index (χ1n) is 6.70. The Bertz CT molecular complexity index is 567. The Morgan fingerprint density at radius 2 is 2.35 bits per heavy atom. The topological polar surface area (TPSA) is 64.3 Å². The van der Waals surface area contributed by atoms with E-state index in [0.29, 0.717) is 24.9 Å². The Kier molecular flexibility index (Phi) is 4.34. The number of rotatable bonds is 3. The Labute approximate surface area is 127 Å². The van der Waals surface area contributed by atoms with Gasteiger partial charge in [0.15, 0.2) is 0 Å². The number of carboxylic acids is 1. The highest BCUT2D eigenvalue weighted by atomic mass is 79.9. The first kappa shape index (κ1) is 14.9. The minimum absolute atomic E-state index is 0.467. The van der Waals surface area contributed by atoms with E-state index in [4.69, 9.17) is 0 Å². The normalized spacial score (nSPS) is 22.4. The van der Waals surface area contributed by atoms with Crippen LogP contribution in [0.4, 0.5) is 5.69 Å². The van der Waals surface area contributed by atoms with Crippen LogP contribution in [0.5, 0.6) is 0 Å². The lowest BCUT2D eigenvalue weighted by atomic mass is 9.77. The molecule has 106 valence electrons.